The van der Waals surface area contributed by atoms with Crippen molar-refractivity contribution in [3.05, 3.63) is 71.8 Å². The second kappa shape index (κ2) is 7.02. The smallest absolute Gasteiger partial charge is 0.180 e. The van der Waals surface area contributed by atoms with Gasteiger partial charge in [0.15, 0.2) is 17.5 Å². The molecule has 1 aliphatic heterocycles. The summed E-state index contributed by atoms with van der Waals surface area (Å²) in [5.74, 6) is 3.66. The highest BCUT2D eigenvalue weighted by molar-refractivity contribution is 5.60. The van der Waals surface area contributed by atoms with Gasteiger partial charge in [-0.2, -0.15) is 0 Å². The standard InChI is InChI=1S/C23H21N7/c1-2-7-16(8-3-1)22-28-27-20-15-29(13-14-30(20)22)23-17-9-6-11-18(17)25-21(26-23)19-10-4-5-12-24-19/h1-5,7-8,10,12H,6,9,11,13-15H2. The summed E-state index contributed by atoms with van der Waals surface area (Å²) in [5, 5.41) is 8.98. The summed E-state index contributed by atoms with van der Waals surface area (Å²) in [4.78, 5) is 16.6. The predicted octanol–water partition coefficient (Wildman–Crippen LogP) is 3.31. The number of nitrogens with zero attached hydrogens (tertiary/aromatic N) is 7. The lowest BCUT2D eigenvalue weighted by molar-refractivity contribution is 0.558. The van der Waals surface area contributed by atoms with Crippen LogP contribution in [-0.2, 0) is 25.9 Å². The van der Waals surface area contributed by atoms with Gasteiger partial charge in [-0.15, -0.1) is 10.2 Å². The molecule has 4 aromatic rings. The van der Waals surface area contributed by atoms with Crippen LogP contribution in [0.2, 0.25) is 0 Å². The highest BCUT2D eigenvalue weighted by atomic mass is 15.4. The summed E-state index contributed by atoms with van der Waals surface area (Å²) in [5.41, 5.74) is 4.37. The van der Waals surface area contributed by atoms with Crippen molar-refractivity contribution in [3.8, 4) is 22.9 Å². The maximum absolute atomic E-state index is 4.97. The molecule has 0 radical (unpaired) electrons. The molecule has 6 rings (SSSR count). The van der Waals surface area contributed by atoms with Crippen molar-refractivity contribution < 1.29 is 0 Å². The van der Waals surface area contributed by atoms with E-state index in [1.807, 2.05) is 36.4 Å². The van der Waals surface area contributed by atoms with Crippen molar-refractivity contribution in [3.63, 3.8) is 0 Å². The molecule has 0 saturated carbocycles. The molecule has 0 atom stereocenters. The molecule has 1 aliphatic carbocycles. The number of aromatic nitrogens is 6. The highest BCUT2D eigenvalue weighted by Gasteiger charge is 2.28. The molecule has 0 spiro atoms. The monoisotopic (exact) mass is 395 g/mol. The molecule has 4 heterocycles. The van der Waals surface area contributed by atoms with Crippen molar-refractivity contribution in [2.24, 2.45) is 0 Å². The molecule has 3 aromatic heterocycles. The molecule has 0 amide bonds. The van der Waals surface area contributed by atoms with Gasteiger partial charge in [-0.3, -0.25) is 4.98 Å². The van der Waals surface area contributed by atoms with Crippen LogP contribution in [0.3, 0.4) is 0 Å². The lowest BCUT2D eigenvalue weighted by Gasteiger charge is -2.30. The molecule has 30 heavy (non-hydrogen) atoms. The molecular formula is C23H21N7. The van der Waals surface area contributed by atoms with Gasteiger partial charge in [-0.25, -0.2) is 9.97 Å². The average Bonchev–Trinajstić information content (AvgIpc) is 3.46. The van der Waals surface area contributed by atoms with Gasteiger partial charge in [-0.05, 0) is 31.4 Å². The normalized spacial score (nSPS) is 15.1. The molecule has 0 unspecified atom stereocenters. The molecule has 1 aromatic carbocycles. The summed E-state index contributed by atoms with van der Waals surface area (Å²) in [7, 11) is 0. The molecule has 0 fully saturated rings. The summed E-state index contributed by atoms with van der Waals surface area (Å²) in [6, 6.07) is 16.1. The van der Waals surface area contributed by atoms with E-state index in [1.54, 1.807) is 6.20 Å². The third kappa shape index (κ3) is 2.85. The molecular weight excluding hydrogens is 374 g/mol. The van der Waals surface area contributed by atoms with Gasteiger partial charge in [0.2, 0.25) is 0 Å². The van der Waals surface area contributed by atoms with Gasteiger partial charge >= 0.3 is 0 Å². The lowest BCUT2D eigenvalue weighted by atomic mass is 10.2. The van der Waals surface area contributed by atoms with E-state index in [4.69, 9.17) is 9.97 Å². The highest BCUT2D eigenvalue weighted by Crippen LogP contribution is 2.33. The molecule has 0 N–H and O–H groups in total. The second-order valence-electron chi connectivity index (χ2n) is 7.74. The zero-order valence-corrected chi connectivity index (χ0v) is 16.6. The Morgan fingerprint density at radius 2 is 1.73 bits per heavy atom. The van der Waals surface area contributed by atoms with Gasteiger partial charge < -0.3 is 9.47 Å². The number of pyridine rings is 1. The van der Waals surface area contributed by atoms with Crippen LogP contribution >= 0.6 is 0 Å². The van der Waals surface area contributed by atoms with E-state index in [0.29, 0.717) is 12.4 Å². The maximum atomic E-state index is 4.97. The van der Waals surface area contributed by atoms with Crippen LogP contribution in [0.15, 0.2) is 54.7 Å². The quantitative estimate of drug-likeness (QED) is 0.530. The minimum absolute atomic E-state index is 0.699. The third-order valence-electron chi connectivity index (χ3n) is 5.89. The Morgan fingerprint density at radius 3 is 2.60 bits per heavy atom. The molecule has 0 saturated heterocycles. The Hall–Kier alpha value is -3.61. The Balaban J connectivity index is 1.37. The van der Waals surface area contributed by atoms with Crippen molar-refractivity contribution in [1.82, 2.24) is 29.7 Å². The Kier molecular flexibility index (Phi) is 4.04. The fourth-order valence-electron chi connectivity index (χ4n) is 4.42. The minimum atomic E-state index is 0.699. The number of anilines is 1. The van der Waals surface area contributed by atoms with Crippen LogP contribution < -0.4 is 4.90 Å². The van der Waals surface area contributed by atoms with Gasteiger partial charge in [-0.1, -0.05) is 36.4 Å². The van der Waals surface area contributed by atoms with Crippen LogP contribution in [0.4, 0.5) is 5.82 Å². The van der Waals surface area contributed by atoms with E-state index < -0.39 is 0 Å². The first-order valence-electron chi connectivity index (χ1n) is 10.4. The zero-order chi connectivity index (χ0) is 19.9. The Labute approximate surface area is 174 Å². The Morgan fingerprint density at radius 1 is 0.833 bits per heavy atom. The second-order valence-corrected chi connectivity index (χ2v) is 7.74. The molecule has 148 valence electrons. The van der Waals surface area contributed by atoms with Crippen molar-refractivity contribution in [2.75, 3.05) is 11.4 Å². The lowest BCUT2D eigenvalue weighted by Crippen LogP contribution is -2.35. The van der Waals surface area contributed by atoms with Crippen LogP contribution in [0.5, 0.6) is 0 Å². The van der Waals surface area contributed by atoms with Crippen molar-refractivity contribution in [2.45, 2.75) is 32.4 Å². The molecule has 2 aliphatic rings. The van der Waals surface area contributed by atoms with E-state index >= 15 is 0 Å². The summed E-state index contributed by atoms with van der Waals surface area (Å²) < 4.78 is 2.23. The number of fused-ring (bicyclic) bond motifs is 2. The summed E-state index contributed by atoms with van der Waals surface area (Å²) in [6.45, 7) is 2.41. The first-order valence-corrected chi connectivity index (χ1v) is 10.4. The van der Waals surface area contributed by atoms with Gasteiger partial charge in [0, 0.05) is 36.1 Å². The first-order chi connectivity index (χ1) is 14.9. The van der Waals surface area contributed by atoms with Crippen LogP contribution in [0.1, 0.15) is 23.5 Å². The molecule has 0 bridgehead atoms. The first kappa shape index (κ1) is 17.3. The fourth-order valence-corrected chi connectivity index (χ4v) is 4.42. The SMILES string of the molecule is c1ccc(-c2nnc3n2CCN(c2nc(-c4ccccn4)nc4c2CCC4)C3)cc1. The average molecular weight is 395 g/mol. The van der Waals surface area contributed by atoms with Crippen LogP contribution in [0, 0.1) is 0 Å². The Bertz CT molecular complexity index is 1200. The number of aryl methyl sites for hydroxylation is 1. The van der Waals surface area contributed by atoms with E-state index in [2.05, 4.69) is 36.8 Å². The van der Waals surface area contributed by atoms with E-state index in [-0.39, 0.29) is 0 Å². The topological polar surface area (TPSA) is 72.6 Å². The predicted molar refractivity (Wildman–Crippen MR) is 114 cm³/mol. The number of hydrogen-bond donors (Lipinski definition) is 0. The van der Waals surface area contributed by atoms with Crippen LogP contribution in [0.25, 0.3) is 22.9 Å². The molecule has 7 heteroatoms. The van der Waals surface area contributed by atoms with E-state index in [0.717, 1.165) is 66.8 Å². The summed E-state index contributed by atoms with van der Waals surface area (Å²) >= 11 is 0. The van der Waals surface area contributed by atoms with Gasteiger partial charge in [0.1, 0.15) is 11.5 Å². The fraction of sp³-hybridized carbons (Fsp3) is 0.261. The van der Waals surface area contributed by atoms with E-state index in [1.165, 1.54) is 5.56 Å². The molecule has 7 nitrogen and oxygen atoms in total. The van der Waals surface area contributed by atoms with Crippen LogP contribution in [-0.4, -0.2) is 36.3 Å². The van der Waals surface area contributed by atoms with E-state index in [9.17, 15) is 0 Å². The zero-order valence-electron chi connectivity index (χ0n) is 16.6. The number of rotatable bonds is 3. The maximum Gasteiger partial charge on any atom is 0.180 e. The largest absolute Gasteiger partial charge is 0.347 e. The third-order valence-corrected chi connectivity index (χ3v) is 5.89. The summed E-state index contributed by atoms with van der Waals surface area (Å²) in [6.07, 6.45) is 4.96. The van der Waals surface area contributed by atoms with Gasteiger partial charge in [0.25, 0.3) is 0 Å². The van der Waals surface area contributed by atoms with Crippen molar-refractivity contribution in [1.29, 1.82) is 0 Å². The number of benzene rings is 1. The van der Waals surface area contributed by atoms with Crippen molar-refractivity contribution >= 4 is 5.82 Å². The number of hydrogen-bond acceptors (Lipinski definition) is 6. The van der Waals surface area contributed by atoms with Gasteiger partial charge in [0.05, 0.1) is 6.54 Å². The minimum Gasteiger partial charge on any atom is -0.347 e.